The quantitative estimate of drug-likeness (QED) is 0.407. The summed E-state index contributed by atoms with van der Waals surface area (Å²) < 4.78 is 78.4. The van der Waals surface area contributed by atoms with Crippen molar-refractivity contribution in [1.82, 2.24) is 20.4 Å². The number of rotatable bonds is 2. The monoisotopic (exact) mass is 540 g/mol. The highest BCUT2D eigenvalue weighted by molar-refractivity contribution is 6.21. The Balaban J connectivity index is 1.81. The number of hydrogen-bond acceptors (Lipinski definition) is 4. The van der Waals surface area contributed by atoms with Crippen molar-refractivity contribution in [1.29, 1.82) is 0 Å². The van der Waals surface area contributed by atoms with Crippen molar-refractivity contribution in [3.8, 4) is 0 Å². The Bertz CT molecular complexity index is 789. The summed E-state index contributed by atoms with van der Waals surface area (Å²) in [5, 5.41) is 2.87. The first-order valence-electron chi connectivity index (χ1n) is 10.3. The second kappa shape index (κ2) is 9.59. The summed E-state index contributed by atoms with van der Waals surface area (Å²) in [6.07, 6.45) is -10.4. The molecule has 0 aromatic heterocycles. The molecule has 34 heavy (non-hydrogen) atoms. The maximum Gasteiger partial charge on any atom is 0.471 e. The fourth-order valence-electron chi connectivity index (χ4n) is 4.54. The number of piperidine rings is 2. The van der Waals surface area contributed by atoms with E-state index in [1.165, 1.54) is 0 Å². The molecule has 2 N–H and O–H groups in total. The molecule has 3 heterocycles. The van der Waals surface area contributed by atoms with E-state index in [2.05, 4.69) is 10.6 Å². The Hall–Kier alpha value is -1.96. The highest BCUT2D eigenvalue weighted by Gasteiger charge is 2.53. The SMILES string of the molecule is O=C1NC(C2CCC(Cl)CN2C(=O)C(F)(F)F)C(=O)NC1C1CCC(Cl)CN1C(=O)C(F)(F)F. The van der Waals surface area contributed by atoms with Gasteiger partial charge in [0.2, 0.25) is 11.8 Å². The zero-order valence-electron chi connectivity index (χ0n) is 17.3. The van der Waals surface area contributed by atoms with Gasteiger partial charge in [-0.2, -0.15) is 26.3 Å². The minimum atomic E-state index is -5.25. The molecule has 0 aromatic carbocycles. The van der Waals surface area contributed by atoms with Crippen LogP contribution >= 0.6 is 23.2 Å². The fourth-order valence-corrected chi connectivity index (χ4v) is 5.09. The van der Waals surface area contributed by atoms with Crippen molar-refractivity contribution in [3.05, 3.63) is 0 Å². The van der Waals surface area contributed by atoms with E-state index in [4.69, 9.17) is 23.2 Å². The van der Waals surface area contributed by atoms with E-state index in [-0.39, 0.29) is 25.7 Å². The molecule has 0 spiro atoms. The highest BCUT2D eigenvalue weighted by atomic mass is 35.5. The van der Waals surface area contributed by atoms with Crippen molar-refractivity contribution in [2.75, 3.05) is 13.1 Å². The van der Waals surface area contributed by atoms with Crippen LogP contribution in [0, 0.1) is 0 Å². The van der Waals surface area contributed by atoms with Gasteiger partial charge in [-0.05, 0) is 25.7 Å². The van der Waals surface area contributed by atoms with Crippen LogP contribution in [0.4, 0.5) is 26.3 Å². The van der Waals surface area contributed by atoms with Gasteiger partial charge in [0.25, 0.3) is 0 Å². The maximum atomic E-state index is 13.1. The maximum absolute atomic E-state index is 13.1. The molecular formula is C18H20Cl2F6N4O4. The van der Waals surface area contributed by atoms with Crippen LogP contribution in [0.2, 0.25) is 0 Å². The van der Waals surface area contributed by atoms with Crippen LogP contribution in [0.3, 0.4) is 0 Å². The van der Waals surface area contributed by atoms with Crippen molar-refractivity contribution in [2.24, 2.45) is 0 Å². The predicted molar refractivity (Wildman–Crippen MR) is 105 cm³/mol. The summed E-state index contributed by atoms with van der Waals surface area (Å²) in [5.41, 5.74) is 0. The van der Waals surface area contributed by atoms with Gasteiger partial charge in [-0.15, -0.1) is 23.2 Å². The Morgan fingerprint density at radius 3 is 1.32 bits per heavy atom. The number of carbonyl (C=O) groups excluding carboxylic acids is 4. The van der Waals surface area contributed by atoms with Crippen LogP contribution < -0.4 is 10.6 Å². The average Bonchev–Trinajstić information content (AvgIpc) is 2.73. The average molecular weight is 541 g/mol. The van der Waals surface area contributed by atoms with Crippen LogP contribution in [0.15, 0.2) is 0 Å². The first-order chi connectivity index (χ1) is 15.6. The van der Waals surface area contributed by atoms with Gasteiger partial charge in [0, 0.05) is 13.1 Å². The number of hydrogen-bond donors (Lipinski definition) is 2. The van der Waals surface area contributed by atoms with Gasteiger partial charge in [-0.1, -0.05) is 0 Å². The molecule has 6 atom stereocenters. The molecule has 3 saturated heterocycles. The highest BCUT2D eigenvalue weighted by Crippen LogP contribution is 2.32. The molecular weight excluding hydrogens is 521 g/mol. The summed E-state index contributed by atoms with van der Waals surface area (Å²) in [4.78, 5) is 50.1. The molecule has 3 fully saturated rings. The Labute approximate surface area is 199 Å². The fraction of sp³-hybridized carbons (Fsp3) is 0.778. The normalized spacial score (nSPS) is 33.3. The number of nitrogens with one attached hydrogen (secondary N) is 2. The van der Waals surface area contributed by atoms with E-state index < -0.39 is 84.0 Å². The number of halogens is 8. The number of amides is 4. The summed E-state index contributed by atoms with van der Waals surface area (Å²) in [5.74, 6) is -6.44. The van der Waals surface area contributed by atoms with Gasteiger partial charge in [0.05, 0.1) is 22.8 Å². The molecule has 0 radical (unpaired) electrons. The molecule has 3 rings (SSSR count). The zero-order valence-corrected chi connectivity index (χ0v) is 18.8. The van der Waals surface area contributed by atoms with Crippen LogP contribution in [-0.4, -0.2) is 93.8 Å². The van der Waals surface area contributed by atoms with Gasteiger partial charge in [-0.25, -0.2) is 0 Å². The Kier molecular flexibility index (Phi) is 7.52. The topological polar surface area (TPSA) is 98.8 Å². The van der Waals surface area contributed by atoms with E-state index >= 15 is 0 Å². The molecule has 0 aromatic rings. The van der Waals surface area contributed by atoms with E-state index in [1.54, 1.807) is 0 Å². The molecule has 3 aliphatic heterocycles. The lowest BCUT2D eigenvalue weighted by molar-refractivity contribution is -0.191. The second-order valence-corrected chi connectivity index (χ2v) is 9.60. The zero-order chi connectivity index (χ0) is 25.6. The smallest absolute Gasteiger partial charge is 0.341 e. The van der Waals surface area contributed by atoms with Crippen LogP contribution in [0.25, 0.3) is 0 Å². The van der Waals surface area contributed by atoms with Gasteiger partial charge >= 0.3 is 24.2 Å². The van der Waals surface area contributed by atoms with Gasteiger partial charge in [-0.3, -0.25) is 19.2 Å². The second-order valence-electron chi connectivity index (χ2n) is 8.37. The summed E-state index contributed by atoms with van der Waals surface area (Å²) in [6, 6.07) is -5.92. The van der Waals surface area contributed by atoms with E-state index in [9.17, 15) is 45.5 Å². The summed E-state index contributed by atoms with van der Waals surface area (Å²) in [7, 11) is 0. The third kappa shape index (κ3) is 5.47. The molecule has 192 valence electrons. The van der Waals surface area contributed by atoms with Crippen LogP contribution in [0.5, 0.6) is 0 Å². The predicted octanol–water partition coefficient (Wildman–Crippen LogP) is 1.29. The Morgan fingerprint density at radius 2 is 1.03 bits per heavy atom. The number of carbonyl (C=O) groups is 4. The van der Waals surface area contributed by atoms with Gasteiger partial charge in [0.15, 0.2) is 0 Å². The van der Waals surface area contributed by atoms with Crippen molar-refractivity contribution in [2.45, 2.75) is 73.0 Å². The lowest BCUT2D eigenvalue weighted by Gasteiger charge is -2.46. The van der Waals surface area contributed by atoms with Crippen molar-refractivity contribution >= 4 is 46.8 Å². The number of alkyl halides is 8. The largest absolute Gasteiger partial charge is 0.471 e. The van der Waals surface area contributed by atoms with Gasteiger partial charge in [0.1, 0.15) is 12.1 Å². The minimum Gasteiger partial charge on any atom is -0.341 e. The van der Waals surface area contributed by atoms with E-state index in [0.29, 0.717) is 9.80 Å². The summed E-state index contributed by atoms with van der Waals surface area (Å²) >= 11 is 11.8. The number of nitrogens with zero attached hydrogens (tertiary/aromatic N) is 2. The first kappa shape index (κ1) is 26.6. The third-order valence-electron chi connectivity index (χ3n) is 6.08. The first-order valence-corrected chi connectivity index (χ1v) is 11.1. The molecule has 4 amide bonds. The molecule has 0 bridgehead atoms. The Morgan fingerprint density at radius 1 is 0.706 bits per heavy atom. The molecule has 3 aliphatic rings. The van der Waals surface area contributed by atoms with Crippen molar-refractivity contribution in [3.63, 3.8) is 0 Å². The minimum absolute atomic E-state index is 0.130. The standard InChI is InChI=1S/C18H20Cl2F6N4O4/c19-7-1-3-9(29(5-7)15(33)17(21,22)23)11-13(31)28-12(14(32)27-11)10-4-2-8(20)6-30(10)16(34)18(24,25)26/h7-12H,1-6H2,(H,27,32)(H,28,31). The summed E-state index contributed by atoms with van der Waals surface area (Å²) in [6.45, 7) is -1.03. The third-order valence-corrected chi connectivity index (χ3v) is 6.79. The van der Waals surface area contributed by atoms with Gasteiger partial charge < -0.3 is 20.4 Å². The number of piperazine rings is 1. The molecule has 8 nitrogen and oxygen atoms in total. The molecule has 0 saturated carbocycles. The lowest BCUT2D eigenvalue weighted by Crippen LogP contribution is -2.73. The molecule has 6 unspecified atom stereocenters. The molecule has 0 aliphatic carbocycles. The van der Waals surface area contributed by atoms with E-state index in [1.807, 2.05) is 0 Å². The van der Waals surface area contributed by atoms with Crippen molar-refractivity contribution < 1.29 is 45.5 Å². The van der Waals surface area contributed by atoms with E-state index in [0.717, 1.165) is 0 Å². The number of likely N-dealkylation sites (tertiary alicyclic amines) is 2. The lowest BCUT2D eigenvalue weighted by atomic mass is 9.89. The molecule has 16 heteroatoms. The van der Waals surface area contributed by atoms with Crippen LogP contribution in [0.1, 0.15) is 25.7 Å². The van der Waals surface area contributed by atoms with Crippen LogP contribution in [-0.2, 0) is 19.2 Å².